The molecular formula is C6H10K2O5. The van der Waals surface area contributed by atoms with Crippen molar-refractivity contribution in [3.63, 3.8) is 0 Å². The van der Waals surface area contributed by atoms with Gasteiger partial charge in [-0.25, -0.2) is 0 Å². The second kappa shape index (κ2) is 19.6. The van der Waals surface area contributed by atoms with E-state index in [0.29, 0.717) is 6.42 Å². The summed E-state index contributed by atoms with van der Waals surface area (Å²) in [4.78, 5) is 18.1. The van der Waals surface area contributed by atoms with E-state index in [-0.39, 0.29) is 103 Å². The van der Waals surface area contributed by atoms with E-state index in [1.54, 1.807) is 0 Å². The second-order valence-electron chi connectivity index (χ2n) is 1.75. The normalized spacial score (nSPS) is 6.54. The standard InChI is InChI=1S/C5H10O2.CH2O3.2K/c1-2-3-4-5(6)7;2-1(3)4;;/h2-4H2,1H3,(H,6,7);(H2,2,3,4);;/q;;2*+1/p-2. The average Bonchev–Trinajstić information content (AvgIpc) is 1.82. The van der Waals surface area contributed by atoms with Crippen LogP contribution < -0.4 is 113 Å². The van der Waals surface area contributed by atoms with Crippen LogP contribution in [0, 0.1) is 0 Å². The Bertz CT molecular complexity index is 124. The van der Waals surface area contributed by atoms with Gasteiger partial charge in [-0.2, -0.15) is 0 Å². The van der Waals surface area contributed by atoms with E-state index >= 15 is 0 Å². The topological polar surface area (TPSA) is 100 Å². The molecule has 13 heavy (non-hydrogen) atoms. The summed E-state index contributed by atoms with van der Waals surface area (Å²) in [5.41, 5.74) is 0. The van der Waals surface area contributed by atoms with Crippen molar-refractivity contribution < 1.29 is 128 Å². The third-order valence-electron chi connectivity index (χ3n) is 0.744. The van der Waals surface area contributed by atoms with Crippen molar-refractivity contribution in [1.82, 2.24) is 0 Å². The zero-order valence-electron chi connectivity index (χ0n) is 8.20. The summed E-state index contributed by atoms with van der Waals surface area (Å²) in [6, 6.07) is 0. The van der Waals surface area contributed by atoms with Crippen LogP contribution in [0.3, 0.4) is 0 Å². The molecule has 7 heteroatoms. The molecule has 5 nitrogen and oxygen atoms in total. The molecule has 0 fully saturated rings. The van der Waals surface area contributed by atoms with Crippen LogP contribution in [0.15, 0.2) is 0 Å². The van der Waals surface area contributed by atoms with Gasteiger partial charge < -0.3 is 20.1 Å². The van der Waals surface area contributed by atoms with Crippen molar-refractivity contribution in [3.05, 3.63) is 0 Å². The maximum absolute atomic E-state index is 9.76. The zero-order valence-corrected chi connectivity index (χ0v) is 14.4. The number of carboxylic acids is 1. The summed E-state index contributed by atoms with van der Waals surface area (Å²) in [7, 11) is 0. The minimum Gasteiger partial charge on any atom is -0.652 e. The minimum atomic E-state index is -2.33. The molecular weight excluding hydrogens is 230 g/mol. The van der Waals surface area contributed by atoms with Crippen LogP contribution in [0.4, 0.5) is 4.79 Å². The maximum Gasteiger partial charge on any atom is 1.00 e. The Balaban J connectivity index is -0.0000000600. The first-order chi connectivity index (χ1) is 5.00. The van der Waals surface area contributed by atoms with Crippen molar-refractivity contribution in [2.45, 2.75) is 26.2 Å². The number of aliphatic carboxylic acids is 1. The Morgan fingerprint density at radius 3 is 1.62 bits per heavy atom. The molecule has 0 aliphatic heterocycles. The predicted octanol–water partition coefficient (Wildman–Crippen LogP) is -7.18. The molecule has 0 aromatic heterocycles. The average molecular weight is 240 g/mol. The first kappa shape index (κ1) is 24.3. The van der Waals surface area contributed by atoms with Crippen LogP contribution >= 0.6 is 0 Å². The van der Waals surface area contributed by atoms with Crippen LogP contribution in [0.1, 0.15) is 26.2 Å². The van der Waals surface area contributed by atoms with E-state index in [0.717, 1.165) is 12.8 Å². The first-order valence-corrected chi connectivity index (χ1v) is 3.10. The Labute approximate surface area is 162 Å². The van der Waals surface area contributed by atoms with Crippen molar-refractivity contribution >= 4 is 12.1 Å². The Morgan fingerprint density at radius 2 is 1.54 bits per heavy atom. The molecule has 0 rings (SSSR count). The van der Waals surface area contributed by atoms with Crippen molar-refractivity contribution in [2.75, 3.05) is 0 Å². The van der Waals surface area contributed by atoms with E-state index in [1.165, 1.54) is 0 Å². The van der Waals surface area contributed by atoms with E-state index in [4.69, 9.17) is 20.1 Å². The van der Waals surface area contributed by atoms with Gasteiger partial charge in [0.25, 0.3) is 0 Å². The molecule has 0 amide bonds. The van der Waals surface area contributed by atoms with Gasteiger partial charge in [0.2, 0.25) is 0 Å². The molecule has 0 aliphatic carbocycles. The third kappa shape index (κ3) is 55.9. The van der Waals surface area contributed by atoms with Gasteiger partial charge >= 0.3 is 109 Å². The van der Waals surface area contributed by atoms with Gasteiger partial charge in [-0.15, -0.1) is 0 Å². The molecule has 0 heterocycles. The molecule has 0 aliphatic rings. The fraction of sp³-hybridized carbons (Fsp3) is 0.667. The monoisotopic (exact) mass is 240 g/mol. The molecule has 0 unspecified atom stereocenters. The van der Waals surface area contributed by atoms with Crippen LogP contribution in [0.25, 0.3) is 0 Å². The molecule has 66 valence electrons. The van der Waals surface area contributed by atoms with Gasteiger partial charge in [0.1, 0.15) is 0 Å². The van der Waals surface area contributed by atoms with Gasteiger partial charge in [-0.05, 0) is 12.6 Å². The number of hydrogen-bond acceptors (Lipinski definition) is 4. The predicted molar refractivity (Wildman–Crippen MR) is 32.6 cm³/mol. The molecule has 0 spiro atoms. The van der Waals surface area contributed by atoms with Gasteiger partial charge in [0, 0.05) is 6.42 Å². The number of hydrogen-bond donors (Lipinski definition) is 1. The van der Waals surface area contributed by atoms with E-state index in [9.17, 15) is 4.79 Å². The largest absolute Gasteiger partial charge is 1.00 e. The minimum absolute atomic E-state index is 0. The zero-order chi connectivity index (χ0) is 9.28. The van der Waals surface area contributed by atoms with E-state index in [1.807, 2.05) is 6.92 Å². The van der Waals surface area contributed by atoms with Gasteiger partial charge in [-0.1, -0.05) is 13.3 Å². The van der Waals surface area contributed by atoms with Crippen LogP contribution in [-0.2, 0) is 4.79 Å². The molecule has 0 aromatic carbocycles. The molecule has 0 saturated heterocycles. The van der Waals surface area contributed by atoms with Crippen LogP contribution in [0.2, 0.25) is 0 Å². The van der Waals surface area contributed by atoms with Gasteiger partial charge in [0.15, 0.2) is 0 Å². The summed E-state index contributed by atoms with van der Waals surface area (Å²) in [6.07, 6.45) is -0.252. The van der Waals surface area contributed by atoms with E-state index in [2.05, 4.69) is 0 Å². The number of carboxylic acid groups (broad SMARTS) is 3. The number of unbranched alkanes of at least 4 members (excludes halogenated alkanes) is 1. The summed E-state index contributed by atoms with van der Waals surface area (Å²) >= 11 is 0. The van der Waals surface area contributed by atoms with Crippen molar-refractivity contribution in [3.8, 4) is 0 Å². The van der Waals surface area contributed by atoms with Crippen molar-refractivity contribution in [1.29, 1.82) is 0 Å². The van der Waals surface area contributed by atoms with Crippen LogP contribution in [0.5, 0.6) is 0 Å². The summed E-state index contributed by atoms with van der Waals surface area (Å²) in [6.45, 7) is 1.98. The fourth-order valence-electron chi connectivity index (χ4n) is 0.328. The Hall–Kier alpha value is 2.01. The fourth-order valence-corrected chi connectivity index (χ4v) is 0.328. The molecule has 0 radical (unpaired) electrons. The number of carbonyl (C=O) groups excluding carboxylic acids is 1. The molecule has 0 bridgehead atoms. The molecule has 0 aromatic rings. The summed E-state index contributed by atoms with van der Waals surface area (Å²) < 4.78 is 0. The number of rotatable bonds is 3. The molecule has 1 N–H and O–H groups in total. The SMILES string of the molecule is CCCCC(=O)O.O=C([O-])[O-].[K+].[K+]. The number of carbonyl (C=O) groups is 2. The Morgan fingerprint density at radius 1 is 1.23 bits per heavy atom. The first-order valence-electron chi connectivity index (χ1n) is 3.10. The smallest absolute Gasteiger partial charge is 0.652 e. The molecule has 0 atom stereocenters. The third-order valence-corrected chi connectivity index (χ3v) is 0.744. The second-order valence-corrected chi connectivity index (χ2v) is 1.75. The maximum atomic E-state index is 9.76. The van der Waals surface area contributed by atoms with Gasteiger partial charge in [0.05, 0.1) is 0 Å². The summed E-state index contributed by atoms with van der Waals surface area (Å²) in [5.74, 6) is -0.693. The van der Waals surface area contributed by atoms with Gasteiger partial charge in [-0.3, -0.25) is 4.79 Å². The molecule has 0 saturated carbocycles. The quantitative estimate of drug-likeness (QED) is 0.494. The van der Waals surface area contributed by atoms with E-state index < -0.39 is 12.1 Å². The summed E-state index contributed by atoms with van der Waals surface area (Å²) in [5, 5.41) is 24.7. The Kier molecular flexibility index (Phi) is 36.6. The van der Waals surface area contributed by atoms with Crippen molar-refractivity contribution in [2.24, 2.45) is 0 Å². The van der Waals surface area contributed by atoms with Crippen LogP contribution in [-0.4, -0.2) is 17.2 Å².